The van der Waals surface area contributed by atoms with E-state index in [0.717, 1.165) is 30.6 Å². The third-order valence-corrected chi connectivity index (χ3v) is 4.28. The van der Waals surface area contributed by atoms with Gasteiger partial charge in [0, 0.05) is 11.8 Å². The van der Waals surface area contributed by atoms with Crippen molar-refractivity contribution < 1.29 is 4.42 Å². The fourth-order valence-corrected chi connectivity index (χ4v) is 2.75. The second-order valence-corrected chi connectivity index (χ2v) is 6.01. The lowest BCUT2D eigenvalue weighted by Crippen LogP contribution is -2.03. The molecule has 1 nitrogen and oxygen atoms in total. The summed E-state index contributed by atoms with van der Waals surface area (Å²) in [6.07, 6.45) is 3.05. The van der Waals surface area contributed by atoms with Gasteiger partial charge in [0.2, 0.25) is 0 Å². The Kier molecular flexibility index (Phi) is 4.43. The van der Waals surface area contributed by atoms with E-state index < -0.39 is 0 Å². The fourth-order valence-electron chi connectivity index (χ4n) is 2.75. The molecule has 0 aliphatic heterocycles. The lowest BCUT2D eigenvalue weighted by Gasteiger charge is -2.13. The summed E-state index contributed by atoms with van der Waals surface area (Å²) in [5.74, 6) is 1.51. The van der Waals surface area contributed by atoms with Gasteiger partial charge in [-0.05, 0) is 36.5 Å². The van der Waals surface area contributed by atoms with Crippen LogP contribution < -0.4 is 0 Å². The van der Waals surface area contributed by atoms with Crippen LogP contribution in [0.25, 0.3) is 11.0 Å². The van der Waals surface area contributed by atoms with Gasteiger partial charge in [0.15, 0.2) is 0 Å². The minimum absolute atomic E-state index is 0.494. The van der Waals surface area contributed by atoms with Crippen LogP contribution in [0.15, 0.2) is 77.2 Å². The molecule has 112 valence electrons. The van der Waals surface area contributed by atoms with E-state index >= 15 is 0 Å². The number of furan rings is 1. The summed E-state index contributed by atoms with van der Waals surface area (Å²) in [5, 5.41) is 1.17. The van der Waals surface area contributed by atoms with Crippen molar-refractivity contribution in [3.05, 3.63) is 84.1 Å². The molecule has 1 heterocycles. The number of benzene rings is 2. The lowest BCUT2D eigenvalue weighted by molar-refractivity contribution is 0.534. The summed E-state index contributed by atoms with van der Waals surface area (Å²) < 4.78 is 5.89. The molecular weight excluding hydrogens is 268 g/mol. The number of allylic oxidation sites excluding steroid dienone is 1. The highest BCUT2D eigenvalue weighted by Gasteiger charge is 2.11. The Bertz CT molecular complexity index is 719. The molecule has 22 heavy (non-hydrogen) atoms. The zero-order chi connectivity index (χ0) is 15.4. The molecule has 1 aromatic heterocycles. The maximum atomic E-state index is 5.89. The molecule has 0 N–H and O–H groups in total. The number of fused-ring (bicyclic) bond motifs is 1. The molecule has 0 radical (unpaired) electrons. The largest absolute Gasteiger partial charge is 0.461 e. The minimum atomic E-state index is 0.494. The highest BCUT2D eigenvalue weighted by molar-refractivity contribution is 5.77. The number of rotatable bonds is 6. The topological polar surface area (TPSA) is 13.1 Å². The van der Waals surface area contributed by atoms with Gasteiger partial charge in [-0.1, -0.05) is 67.6 Å². The summed E-state index contributed by atoms with van der Waals surface area (Å²) >= 11 is 0. The molecule has 0 aliphatic carbocycles. The Morgan fingerprint density at radius 2 is 1.77 bits per heavy atom. The third kappa shape index (κ3) is 3.48. The molecule has 0 amide bonds. The van der Waals surface area contributed by atoms with Crippen LogP contribution in [0.1, 0.15) is 24.7 Å². The average molecular weight is 290 g/mol. The van der Waals surface area contributed by atoms with Gasteiger partial charge in [0.05, 0.1) is 0 Å². The predicted molar refractivity (Wildman–Crippen MR) is 93.0 cm³/mol. The molecule has 0 saturated heterocycles. The molecule has 0 fully saturated rings. The van der Waals surface area contributed by atoms with Crippen molar-refractivity contribution in [1.82, 2.24) is 0 Å². The first-order valence-electron chi connectivity index (χ1n) is 7.91. The SMILES string of the molecule is C=C(Cc1cc2ccccc2o1)C(C)CCc1ccccc1. The van der Waals surface area contributed by atoms with Crippen molar-refractivity contribution in [2.45, 2.75) is 26.2 Å². The molecular formula is C21H22O. The van der Waals surface area contributed by atoms with Gasteiger partial charge in [-0.3, -0.25) is 0 Å². The molecule has 1 heteroatoms. The first kappa shape index (κ1) is 14.6. The molecule has 3 rings (SSSR count). The number of hydrogen-bond acceptors (Lipinski definition) is 1. The van der Waals surface area contributed by atoms with Crippen molar-refractivity contribution in [1.29, 1.82) is 0 Å². The van der Waals surface area contributed by atoms with Crippen molar-refractivity contribution >= 4 is 11.0 Å². The summed E-state index contributed by atoms with van der Waals surface area (Å²) in [4.78, 5) is 0. The second kappa shape index (κ2) is 6.65. The van der Waals surface area contributed by atoms with Crippen LogP contribution in [0.2, 0.25) is 0 Å². The van der Waals surface area contributed by atoms with Crippen LogP contribution in [0.3, 0.4) is 0 Å². The van der Waals surface area contributed by atoms with E-state index in [-0.39, 0.29) is 0 Å². The molecule has 0 aliphatic rings. The Morgan fingerprint density at radius 3 is 2.55 bits per heavy atom. The molecule has 2 aromatic carbocycles. The lowest BCUT2D eigenvalue weighted by atomic mass is 9.92. The van der Waals surface area contributed by atoms with E-state index in [1.54, 1.807) is 0 Å². The van der Waals surface area contributed by atoms with E-state index in [0.29, 0.717) is 5.92 Å². The Balaban J connectivity index is 1.58. The van der Waals surface area contributed by atoms with E-state index in [9.17, 15) is 0 Å². The third-order valence-electron chi connectivity index (χ3n) is 4.28. The summed E-state index contributed by atoms with van der Waals surface area (Å²) in [7, 11) is 0. The molecule has 0 spiro atoms. The van der Waals surface area contributed by atoms with Crippen molar-refractivity contribution in [2.75, 3.05) is 0 Å². The van der Waals surface area contributed by atoms with Crippen molar-refractivity contribution in [2.24, 2.45) is 5.92 Å². The zero-order valence-corrected chi connectivity index (χ0v) is 13.1. The summed E-state index contributed by atoms with van der Waals surface area (Å²) in [6.45, 7) is 6.53. The van der Waals surface area contributed by atoms with Crippen molar-refractivity contribution in [3.8, 4) is 0 Å². The van der Waals surface area contributed by atoms with Crippen LogP contribution >= 0.6 is 0 Å². The van der Waals surface area contributed by atoms with Gasteiger partial charge >= 0.3 is 0 Å². The summed E-state index contributed by atoms with van der Waals surface area (Å²) in [6, 6.07) is 20.9. The smallest absolute Gasteiger partial charge is 0.134 e. The Hall–Kier alpha value is -2.28. The number of aryl methyl sites for hydroxylation is 1. The van der Waals surface area contributed by atoms with Crippen LogP contribution in [0.5, 0.6) is 0 Å². The number of para-hydroxylation sites is 1. The minimum Gasteiger partial charge on any atom is -0.461 e. The van der Waals surface area contributed by atoms with Gasteiger partial charge < -0.3 is 4.42 Å². The second-order valence-electron chi connectivity index (χ2n) is 6.01. The van der Waals surface area contributed by atoms with Gasteiger partial charge in [0.25, 0.3) is 0 Å². The predicted octanol–water partition coefficient (Wildman–Crippen LogP) is 5.80. The first-order valence-corrected chi connectivity index (χ1v) is 7.91. The van der Waals surface area contributed by atoms with Crippen LogP contribution in [-0.2, 0) is 12.8 Å². The van der Waals surface area contributed by atoms with Crippen LogP contribution in [0.4, 0.5) is 0 Å². The Morgan fingerprint density at radius 1 is 1.05 bits per heavy atom. The quantitative estimate of drug-likeness (QED) is 0.523. The van der Waals surface area contributed by atoms with Crippen LogP contribution in [0, 0.1) is 5.92 Å². The maximum absolute atomic E-state index is 5.89. The monoisotopic (exact) mass is 290 g/mol. The molecule has 1 atom stereocenters. The highest BCUT2D eigenvalue weighted by Crippen LogP contribution is 2.24. The van der Waals surface area contributed by atoms with Crippen LogP contribution in [-0.4, -0.2) is 0 Å². The van der Waals surface area contributed by atoms with Crippen molar-refractivity contribution in [3.63, 3.8) is 0 Å². The Labute approximate surface area is 132 Å². The number of hydrogen-bond donors (Lipinski definition) is 0. The fraction of sp³-hybridized carbons (Fsp3) is 0.238. The highest BCUT2D eigenvalue weighted by atomic mass is 16.3. The average Bonchev–Trinajstić information content (AvgIpc) is 2.95. The molecule has 0 bridgehead atoms. The maximum Gasteiger partial charge on any atom is 0.134 e. The molecule has 0 saturated carbocycles. The van der Waals surface area contributed by atoms with E-state index in [1.165, 1.54) is 16.5 Å². The normalized spacial score (nSPS) is 12.4. The zero-order valence-electron chi connectivity index (χ0n) is 13.1. The van der Waals surface area contributed by atoms with E-state index in [4.69, 9.17) is 4.42 Å². The van der Waals surface area contributed by atoms with Gasteiger partial charge in [-0.25, -0.2) is 0 Å². The summed E-state index contributed by atoms with van der Waals surface area (Å²) in [5.41, 5.74) is 3.60. The standard InChI is InChI=1S/C21H22O/c1-16(12-13-18-8-4-3-5-9-18)17(2)14-20-15-19-10-6-7-11-21(19)22-20/h3-11,15-16H,2,12-14H2,1H3. The van der Waals surface area contributed by atoms with Gasteiger partial charge in [0.1, 0.15) is 11.3 Å². The van der Waals surface area contributed by atoms with E-state index in [1.807, 2.05) is 18.2 Å². The first-order chi connectivity index (χ1) is 10.7. The molecule has 3 aromatic rings. The van der Waals surface area contributed by atoms with E-state index in [2.05, 4.69) is 56.0 Å². The van der Waals surface area contributed by atoms with Gasteiger partial charge in [-0.2, -0.15) is 0 Å². The molecule has 1 unspecified atom stereocenters. The van der Waals surface area contributed by atoms with Gasteiger partial charge in [-0.15, -0.1) is 0 Å².